The molecule has 1 radical (unpaired) electrons. The average molecular weight is 217 g/mol. The minimum absolute atomic E-state index is 0.0208. The molecular weight excluding hydrogens is 213 g/mol. The molecule has 0 spiro atoms. The molecule has 0 aliphatic rings. The van der Waals surface area contributed by atoms with Gasteiger partial charge in [-0.2, -0.15) is 5.10 Å². The van der Waals surface area contributed by atoms with Gasteiger partial charge < -0.3 is 0 Å². The van der Waals surface area contributed by atoms with Gasteiger partial charge in [0.05, 0.1) is 10.5 Å². The summed E-state index contributed by atoms with van der Waals surface area (Å²) in [5.41, 5.74) is 0.398. The van der Waals surface area contributed by atoms with Crippen LogP contribution in [-0.4, -0.2) is 22.4 Å². The third-order valence-corrected chi connectivity index (χ3v) is 1.75. The van der Waals surface area contributed by atoms with E-state index in [0.29, 0.717) is 5.59 Å². The van der Waals surface area contributed by atoms with Crippen LogP contribution in [0.3, 0.4) is 0 Å². The van der Waals surface area contributed by atoms with E-state index in [1.807, 2.05) is 0 Å². The van der Waals surface area contributed by atoms with Crippen LogP contribution in [0.4, 0.5) is 5.69 Å². The van der Waals surface area contributed by atoms with E-state index in [1.165, 1.54) is 0 Å². The largest absolute Gasteiger partial charge is 0.314 e. The van der Waals surface area contributed by atoms with Crippen molar-refractivity contribution < 1.29 is 4.92 Å². The molecule has 0 fully saturated rings. The molecule has 0 saturated carbocycles. The first-order valence-electron chi connectivity index (χ1n) is 2.84. The molecule has 57 valence electrons. The first kappa shape index (κ1) is 8.25. The van der Waals surface area contributed by atoms with Gasteiger partial charge in [0, 0.05) is 0 Å². The fourth-order valence-corrected chi connectivity index (χ4v) is 1.15. The lowest BCUT2D eigenvalue weighted by molar-refractivity contribution is -0.384. The lowest BCUT2D eigenvalue weighted by Gasteiger charge is -1.88. The van der Waals surface area contributed by atoms with Crippen LogP contribution in [-0.2, 0) is 0 Å². The predicted molar refractivity (Wildman–Crippen MR) is 44.2 cm³/mol. The number of nitrogens with one attached hydrogen (secondary N) is 1. The summed E-state index contributed by atoms with van der Waals surface area (Å²) >= 11 is 2.95. The summed E-state index contributed by atoms with van der Waals surface area (Å²) in [6.45, 7) is 1.70. The van der Waals surface area contributed by atoms with E-state index in [2.05, 4.69) is 26.1 Å². The van der Waals surface area contributed by atoms with Crippen molar-refractivity contribution in [1.29, 1.82) is 0 Å². The predicted octanol–water partition coefficient (Wildman–Crippen LogP) is 0.458. The van der Waals surface area contributed by atoms with Crippen molar-refractivity contribution in [3.8, 4) is 0 Å². The normalized spacial score (nSPS) is 9.64. The molecule has 7 heteroatoms. The van der Waals surface area contributed by atoms with Gasteiger partial charge in [-0.15, -0.1) is 0 Å². The Morgan fingerprint density at radius 1 is 1.82 bits per heavy atom. The molecule has 1 heterocycles. The van der Waals surface area contributed by atoms with Crippen LogP contribution in [0, 0.1) is 10.1 Å². The highest BCUT2D eigenvalue weighted by Gasteiger charge is 2.20. The van der Waals surface area contributed by atoms with Crippen LogP contribution < -0.4 is 5.59 Å². The SMILES string of the molecule is C[B]c1[nH]nc(Br)c1[N+](=O)[O-]. The first-order chi connectivity index (χ1) is 5.16. The van der Waals surface area contributed by atoms with Gasteiger partial charge in [0.1, 0.15) is 0 Å². The Bertz CT molecular complexity index is 287. The molecule has 0 unspecified atom stereocenters. The van der Waals surface area contributed by atoms with Crippen LogP contribution in [0.2, 0.25) is 6.82 Å². The van der Waals surface area contributed by atoms with E-state index in [4.69, 9.17) is 0 Å². The Balaban J connectivity index is 3.17. The van der Waals surface area contributed by atoms with Crippen molar-refractivity contribution in [2.24, 2.45) is 0 Å². The molecule has 5 nitrogen and oxygen atoms in total. The zero-order valence-electron chi connectivity index (χ0n) is 5.67. The van der Waals surface area contributed by atoms with Crippen molar-refractivity contribution in [3.05, 3.63) is 14.7 Å². The summed E-state index contributed by atoms with van der Waals surface area (Å²) in [5, 5.41) is 16.5. The maximum Gasteiger partial charge on any atom is 0.314 e. The number of halogens is 1. The van der Waals surface area contributed by atoms with E-state index in [-0.39, 0.29) is 10.3 Å². The number of aromatic nitrogens is 2. The number of hydrogen-bond acceptors (Lipinski definition) is 3. The highest BCUT2D eigenvalue weighted by molar-refractivity contribution is 9.10. The molecule has 0 atom stereocenters. The lowest BCUT2D eigenvalue weighted by atomic mass is 9.77. The molecule has 1 aromatic rings. The summed E-state index contributed by atoms with van der Waals surface area (Å²) in [7, 11) is 1.59. The van der Waals surface area contributed by atoms with Gasteiger partial charge in [0.2, 0.25) is 4.60 Å². The van der Waals surface area contributed by atoms with Crippen molar-refractivity contribution in [1.82, 2.24) is 10.2 Å². The van der Waals surface area contributed by atoms with E-state index in [9.17, 15) is 10.1 Å². The molecule has 1 aromatic heterocycles. The number of nitro groups is 1. The Hall–Kier alpha value is -0.845. The number of H-pyrrole nitrogens is 1. The minimum atomic E-state index is -0.483. The maximum absolute atomic E-state index is 10.4. The Kier molecular flexibility index (Phi) is 2.28. The smallest absolute Gasteiger partial charge is 0.284 e. The highest BCUT2D eigenvalue weighted by atomic mass is 79.9. The Labute approximate surface area is 71.7 Å². The maximum atomic E-state index is 10.4. The number of rotatable bonds is 2. The molecule has 0 aliphatic heterocycles. The second kappa shape index (κ2) is 3.04. The number of hydrogen-bond donors (Lipinski definition) is 1. The van der Waals surface area contributed by atoms with Gasteiger partial charge >= 0.3 is 5.69 Å². The monoisotopic (exact) mass is 216 g/mol. The van der Waals surface area contributed by atoms with Crippen molar-refractivity contribution in [3.63, 3.8) is 0 Å². The van der Waals surface area contributed by atoms with Gasteiger partial charge in [-0.1, -0.05) is 6.82 Å². The average Bonchev–Trinajstić information content (AvgIpc) is 2.30. The summed E-state index contributed by atoms with van der Waals surface area (Å²) in [5.74, 6) is 0. The van der Waals surface area contributed by atoms with E-state index in [1.54, 1.807) is 14.1 Å². The van der Waals surface area contributed by atoms with Crippen LogP contribution in [0.1, 0.15) is 0 Å². The second-order valence-corrected chi connectivity index (χ2v) is 2.57. The zero-order chi connectivity index (χ0) is 8.43. The molecular formula is C4H4BBrN3O2. The Morgan fingerprint density at radius 3 is 2.82 bits per heavy atom. The molecule has 0 aliphatic carbocycles. The molecule has 0 bridgehead atoms. The molecule has 1 rings (SSSR count). The van der Waals surface area contributed by atoms with E-state index < -0.39 is 4.92 Å². The first-order valence-corrected chi connectivity index (χ1v) is 3.63. The summed E-state index contributed by atoms with van der Waals surface area (Å²) in [4.78, 5) is 9.87. The fourth-order valence-electron chi connectivity index (χ4n) is 0.701. The standard InChI is InChI=1S/C4H4BBrN3O2/c1-5-3-2(9(10)11)4(6)8-7-3/h1H3,(H,7,8). The molecule has 0 amide bonds. The van der Waals surface area contributed by atoms with Gasteiger partial charge in [-0.3, -0.25) is 15.2 Å². The third kappa shape index (κ3) is 1.42. The second-order valence-electron chi connectivity index (χ2n) is 1.82. The summed E-state index contributed by atoms with van der Waals surface area (Å²) in [6.07, 6.45) is 0. The van der Waals surface area contributed by atoms with Crippen molar-refractivity contribution in [2.75, 3.05) is 0 Å². The van der Waals surface area contributed by atoms with E-state index >= 15 is 0 Å². The fraction of sp³-hybridized carbons (Fsp3) is 0.250. The molecule has 1 N–H and O–H groups in total. The quantitative estimate of drug-likeness (QED) is 0.444. The zero-order valence-corrected chi connectivity index (χ0v) is 7.25. The van der Waals surface area contributed by atoms with Crippen molar-refractivity contribution in [2.45, 2.75) is 6.82 Å². The summed E-state index contributed by atoms with van der Waals surface area (Å²) in [6, 6.07) is 0. The van der Waals surface area contributed by atoms with E-state index in [0.717, 1.165) is 0 Å². The number of aromatic amines is 1. The lowest BCUT2D eigenvalue weighted by Crippen LogP contribution is -2.15. The van der Waals surface area contributed by atoms with Crippen LogP contribution in [0.15, 0.2) is 4.60 Å². The van der Waals surface area contributed by atoms with Gasteiger partial charge in [-0.25, -0.2) is 0 Å². The summed E-state index contributed by atoms with van der Waals surface area (Å²) < 4.78 is 0.232. The van der Waals surface area contributed by atoms with Gasteiger partial charge in [-0.05, 0) is 15.9 Å². The molecule has 0 saturated heterocycles. The topological polar surface area (TPSA) is 71.8 Å². The molecule has 0 aromatic carbocycles. The van der Waals surface area contributed by atoms with Gasteiger partial charge in [0.25, 0.3) is 0 Å². The van der Waals surface area contributed by atoms with Crippen LogP contribution in [0.25, 0.3) is 0 Å². The third-order valence-electron chi connectivity index (χ3n) is 1.20. The highest BCUT2D eigenvalue weighted by Crippen LogP contribution is 2.17. The van der Waals surface area contributed by atoms with Gasteiger partial charge in [0.15, 0.2) is 7.28 Å². The van der Waals surface area contributed by atoms with Crippen LogP contribution >= 0.6 is 15.9 Å². The number of nitrogens with zero attached hydrogens (tertiary/aromatic N) is 2. The van der Waals surface area contributed by atoms with Crippen molar-refractivity contribution >= 4 is 34.5 Å². The Morgan fingerprint density at radius 2 is 2.45 bits per heavy atom. The van der Waals surface area contributed by atoms with Crippen LogP contribution in [0.5, 0.6) is 0 Å². The minimum Gasteiger partial charge on any atom is -0.284 e. The molecule has 11 heavy (non-hydrogen) atoms.